The van der Waals surface area contributed by atoms with E-state index in [1.807, 2.05) is 0 Å². The average Bonchev–Trinajstić information content (AvgIpc) is 2.67. The van der Waals surface area contributed by atoms with Crippen molar-refractivity contribution in [1.29, 1.82) is 0 Å². The lowest BCUT2D eigenvalue weighted by Gasteiger charge is -2.05. The number of nitrogens with zero attached hydrogens (tertiary/aromatic N) is 3. The first-order valence-corrected chi connectivity index (χ1v) is 5.62. The number of hydrogen-bond acceptors (Lipinski definition) is 3. The fraction of sp³-hybridized carbons (Fsp3) is 0.250. The Morgan fingerprint density at radius 1 is 1.42 bits per heavy atom. The fourth-order valence-corrected chi connectivity index (χ4v) is 1.77. The van der Waals surface area contributed by atoms with E-state index in [0.29, 0.717) is 0 Å². The number of benzene rings is 1. The Bertz CT molecular complexity index is 688. The summed E-state index contributed by atoms with van der Waals surface area (Å²) in [5.41, 5.74) is -0.426. The lowest BCUT2D eigenvalue weighted by Crippen LogP contribution is -2.26. The van der Waals surface area contributed by atoms with Crippen molar-refractivity contribution in [2.75, 3.05) is 0 Å². The van der Waals surface area contributed by atoms with Crippen molar-refractivity contribution in [3.8, 4) is 5.69 Å². The highest BCUT2D eigenvalue weighted by Gasteiger charge is 2.21. The summed E-state index contributed by atoms with van der Waals surface area (Å²) in [6.45, 7) is 3.34. The summed E-state index contributed by atoms with van der Waals surface area (Å²) in [6.07, 6.45) is 0. The van der Waals surface area contributed by atoms with Crippen LogP contribution in [-0.2, 0) is 0 Å². The summed E-state index contributed by atoms with van der Waals surface area (Å²) < 4.78 is 15.1. The van der Waals surface area contributed by atoms with E-state index in [1.165, 1.54) is 18.2 Å². The summed E-state index contributed by atoms with van der Waals surface area (Å²) in [7, 11) is 0. The van der Waals surface area contributed by atoms with Gasteiger partial charge in [0.05, 0.1) is 5.69 Å². The third-order valence-corrected chi connectivity index (χ3v) is 2.57. The Balaban J connectivity index is 2.70. The monoisotopic (exact) mass is 265 g/mol. The van der Waals surface area contributed by atoms with Crippen LogP contribution in [0.25, 0.3) is 5.69 Å². The van der Waals surface area contributed by atoms with Gasteiger partial charge in [0.15, 0.2) is 0 Å². The van der Waals surface area contributed by atoms with Crippen LogP contribution < -0.4 is 5.69 Å². The first-order valence-electron chi connectivity index (χ1n) is 5.62. The van der Waals surface area contributed by atoms with E-state index in [1.54, 1.807) is 13.8 Å². The van der Waals surface area contributed by atoms with Crippen molar-refractivity contribution < 1.29 is 14.3 Å². The van der Waals surface area contributed by atoms with Gasteiger partial charge in [-0.25, -0.2) is 14.0 Å². The number of aromatic nitrogens is 3. The van der Waals surface area contributed by atoms with Crippen LogP contribution in [0.2, 0.25) is 0 Å². The predicted molar refractivity (Wildman–Crippen MR) is 65.1 cm³/mol. The van der Waals surface area contributed by atoms with E-state index in [4.69, 9.17) is 5.11 Å². The molecule has 2 aromatic rings. The number of aromatic carboxylic acids is 1. The van der Waals surface area contributed by atoms with Gasteiger partial charge in [-0.1, -0.05) is 6.07 Å². The summed E-state index contributed by atoms with van der Waals surface area (Å²) >= 11 is 0. The summed E-state index contributed by atoms with van der Waals surface area (Å²) in [5, 5.41) is 12.8. The minimum absolute atomic E-state index is 0.187. The molecule has 0 radical (unpaired) electrons. The highest BCUT2D eigenvalue weighted by Crippen LogP contribution is 2.10. The molecule has 6 nitrogen and oxygen atoms in total. The largest absolute Gasteiger partial charge is 0.475 e. The Kier molecular flexibility index (Phi) is 3.20. The highest BCUT2D eigenvalue weighted by atomic mass is 19.1. The lowest BCUT2D eigenvalue weighted by atomic mass is 10.3. The molecule has 0 aliphatic rings. The second-order valence-electron chi connectivity index (χ2n) is 4.27. The maximum absolute atomic E-state index is 13.1. The standard InChI is InChI=1S/C12H12FN3O3/c1-7(2)15-10(11(17)18)14-16(12(15)19)9-5-3-4-8(13)6-9/h3-7H,1-2H3,(H,17,18). The van der Waals surface area contributed by atoms with Gasteiger partial charge in [-0.05, 0) is 32.0 Å². The number of carbonyl (C=O) groups is 1. The summed E-state index contributed by atoms with van der Waals surface area (Å²) in [5.74, 6) is -2.20. The number of halogens is 1. The molecule has 0 unspecified atom stereocenters. The van der Waals surface area contributed by atoms with Crippen LogP contribution in [0.4, 0.5) is 4.39 Å². The molecule has 1 aromatic carbocycles. The Morgan fingerprint density at radius 2 is 2.11 bits per heavy atom. The average molecular weight is 265 g/mol. The quantitative estimate of drug-likeness (QED) is 0.911. The minimum Gasteiger partial charge on any atom is -0.475 e. The van der Waals surface area contributed by atoms with Gasteiger partial charge in [0.2, 0.25) is 5.82 Å². The zero-order valence-corrected chi connectivity index (χ0v) is 10.4. The molecule has 0 aliphatic heterocycles. The van der Waals surface area contributed by atoms with Gasteiger partial charge in [-0.3, -0.25) is 4.57 Å². The summed E-state index contributed by atoms with van der Waals surface area (Å²) in [4.78, 5) is 23.2. The molecule has 1 N–H and O–H groups in total. The molecule has 0 saturated heterocycles. The van der Waals surface area contributed by atoms with Crippen molar-refractivity contribution >= 4 is 5.97 Å². The van der Waals surface area contributed by atoms with Crippen molar-refractivity contribution in [3.63, 3.8) is 0 Å². The maximum atomic E-state index is 13.1. The molecule has 1 heterocycles. The van der Waals surface area contributed by atoms with Gasteiger partial charge >= 0.3 is 11.7 Å². The SMILES string of the molecule is CC(C)n1c(C(=O)O)nn(-c2cccc(F)c2)c1=O. The van der Waals surface area contributed by atoms with E-state index in [-0.39, 0.29) is 17.6 Å². The molecular formula is C12H12FN3O3. The van der Waals surface area contributed by atoms with Crippen LogP contribution in [0, 0.1) is 5.82 Å². The van der Waals surface area contributed by atoms with Crippen LogP contribution >= 0.6 is 0 Å². The molecule has 0 spiro atoms. The van der Waals surface area contributed by atoms with Gasteiger partial charge in [0, 0.05) is 6.04 Å². The normalized spacial score (nSPS) is 10.9. The number of carboxylic acids is 1. The molecular weight excluding hydrogens is 253 g/mol. The van der Waals surface area contributed by atoms with Crippen LogP contribution in [0.3, 0.4) is 0 Å². The second kappa shape index (κ2) is 4.68. The van der Waals surface area contributed by atoms with Gasteiger partial charge in [0.25, 0.3) is 0 Å². The molecule has 2 rings (SSSR count). The van der Waals surface area contributed by atoms with Gasteiger partial charge in [0.1, 0.15) is 5.82 Å². The van der Waals surface area contributed by atoms with Crippen molar-refractivity contribution in [2.24, 2.45) is 0 Å². The number of hydrogen-bond donors (Lipinski definition) is 1. The Hall–Kier alpha value is -2.44. The highest BCUT2D eigenvalue weighted by molar-refractivity contribution is 5.83. The topological polar surface area (TPSA) is 77.1 Å². The third-order valence-electron chi connectivity index (χ3n) is 2.57. The zero-order valence-electron chi connectivity index (χ0n) is 10.4. The first-order chi connectivity index (χ1) is 8.91. The molecule has 19 heavy (non-hydrogen) atoms. The molecule has 0 aliphatic carbocycles. The molecule has 0 amide bonds. The van der Waals surface area contributed by atoms with E-state index in [9.17, 15) is 14.0 Å². The molecule has 0 bridgehead atoms. The Morgan fingerprint density at radius 3 is 2.58 bits per heavy atom. The van der Waals surface area contributed by atoms with Gasteiger partial charge in [-0.15, -0.1) is 5.10 Å². The molecule has 0 atom stereocenters. The van der Waals surface area contributed by atoms with Gasteiger partial charge < -0.3 is 5.11 Å². The van der Waals surface area contributed by atoms with Crippen molar-refractivity contribution in [1.82, 2.24) is 14.3 Å². The minimum atomic E-state index is -1.30. The third kappa shape index (κ3) is 2.26. The molecule has 7 heteroatoms. The second-order valence-corrected chi connectivity index (χ2v) is 4.27. The van der Waals surface area contributed by atoms with Crippen LogP contribution in [0.15, 0.2) is 29.1 Å². The van der Waals surface area contributed by atoms with Crippen molar-refractivity contribution in [2.45, 2.75) is 19.9 Å². The summed E-state index contributed by atoms with van der Waals surface area (Å²) in [6, 6.07) is 4.89. The maximum Gasteiger partial charge on any atom is 0.374 e. The smallest absolute Gasteiger partial charge is 0.374 e. The van der Waals surface area contributed by atoms with E-state index in [0.717, 1.165) is 15.3 Å². The molecule has 0 fully saturated rings. The Labute approximate surface area is 107 Å². The number of rotatable bonds is 3. The van der Waals surface area contributed by atoms with Crippen LogP contribution in [0.5, 0.6) is 0 Å². The van der Waals surface area contributed by atoms with Crippen LogP contribution in [0.1, 0.15) is 30.5 Å². The van der Waals surface area contributed by atoms with E-state index in [2.05, 4.69) is 5.10 Å². The van der Waals surface area contributed by atoms with E-state index >= 15 is 0 Å². The predicted octanol–water partition coefficient (Wildman–Crippen LogP) is 1.45. The van der Waals surface area contributed by atoms with Crippen LogP contribution in [-0.4, -0.2) is 25.4 Å². The fourth-order valence-electron chi connectivity index (χ4n) is 1.77. The van der Waals surface area contributed by atoms with Crippen molar-refractivity contribution in [3.05, 3.63) is 46.4 Å². The lowest BCUT2D eigenvalue weighted by molar-refractivity contribution is 0.0675. The molecule has 0 saturated carbocycles. The number of carboxylic acid groups (broad SMARTS) is 1. The first kappa shape index (κ1) is 13.0. The molecule has 100 valence electrons. The zero-order chi connectivity index (χ0) is 14.2. The molecule has 1 aromatic heterocycles. The van der Waals surface area contributed by atoms with Gasteiger partial charge in [-0.2, -0.15) is 4.68 Å². The van der Waals surface area contributed by atoms with E-state index < -0.39 is 17.5 Å².